The Morgan fingerprint density at radius 2 is 1.42 bits per heavy atom. The number of rotatable bonds is 3. The number of amides is 2. The number of nitrogens with zero attached hydrogens (tertiary/aromatic N) is 3. The summed E-state index contributed by atoms with van der Waals surface area (Å²) in [5.41, 5.74) is 0.286. The Morgan fingerprint density at radius 3 is 1.96 bits per heavy atom. The van der Waals surface area contributed by atoms with Crippen molar-refractivity contribution in [2.24, 2.45) is 0 Å². The van der Waals surface area contributed by atoms with Gasteiger partial charge in [-0.25, -0.2) is 4.39 Å². The summed E-state index contributed by atoms with van der Waals surface area (Å²) in [5, 5.41) is 10.7. The van der Waals surface area contributed by atoms with Gasteiger partial charge >= 0.3 is 0 Å². The molecule has 1 heterocycles. The molecular formula is C18H16FN3O4. The van der Waals surface area contributed by atoms with Gasteiger partial charge in [-0.1, -0.05) is 12.1 Å². The van der Waals surface area contributed by atoms with Crippen molar-refractivity contribution >= 4 is 17.5 Å². The van der Waals surface area contributed by atoms with E-state index in [-0.39, 0.29) is 17.2 Å². The quantitative estimate of drug-likeness (QED) is 0.623. The molecule has 0 radical (unpaired) electrons. The summed E-state index contributed by atoms with van der Waals surface area (Å²) in [6.07, 6.45) is 0. The molecule has 0 atom stereocenters. The highest BCUT2D eigenvalue weighted by molar-refractivity contribution is 5.96. The molecule has 2 amide bonds. The molecule has 2 aromatic carbocycles. The third kappa shape index (κ3) is 3.53. The molecule has 1 aliphatic rings. The first kappa shape index (κ1) is 17.5. The minimum Gasteiger partial charge on any atom is -0.335 e. The average Bonchev–Trinajstić information content (AvgIpc) is 2.67. The van der Waals surface area contributed by atoms with Crippen molar-refractivity contribution in [3.63, 3.8) is 0 Å². The van der Waals surface area contributed by atoms with E-state index in [4.69, 9.17) is 0 Å². The smallest absolute Gasteiger partial charge is 0.269 e. The van der Waals surface area contributed by atoms with Crippen LogP contribution in [-0.4, -0.2) is 52.7 Å². The molecule has 0 saturated carbocycles. The molecule has 2 aromatic rings. The van der Waals surface area contributed by atoms with Crippen LogP contribution in [0.2, 0.25) is 0 Å². The van der Waals surface area contributed by atoms with E-state index in [2.05, 4.69) is 0 Å². The fourth-order valence-corrected chi connectivity index (χ4v) is 2.83. The molecule has 0 aliphatic carbocycles. The fourth-order valence-electron chi connectivity index (χ4n) is 2.83. The van der Waals surface area contributed by atoms with Gasteiger partial charge in [0.15, 0.2) is 0 Å². The van der Waals surface area contributed by atoms with Gasteiger partial charge in [0, 0.05) is 43.9 Å². The number of carbonyl (C=O) groups is 2. The maximum Gasteiger partial charge on any atom is 0.269 e. The van der Waals surface area contributed by atoms with Gasteiger partial charge in [-0.2, -0.15) is 0 Å². The molecule has 26 heavy (non-hydrogen) atoms. The number of nitro groups is 1. The van der Waals surface area contributed by atoms with E-state index in [1.54, 1.807) is 11.0 Å². The van der Waals surface area contributed by atoms with Crippen molar-refractivity contribution < 1.29 is 18.9 Å². The normalized spacial score (nSPS) is 14.2. The lowest BCUT2D eigenvalue weighted by atomic mass is 10.1. The monoisotopic (exact) mass is 357 g/mol. The third-order valence-corrected chi connectivity index (χ3v) is 4.28. The van der Waals surface area contributed by atoms with Crippen LogP contribution >= 0.6 is 0 Å². The second-order valence-corrected chi connectivity index (χ2v) is 5.87. The molecule has 1 aliphatic heterocycles. The average molecular weight is 357 g/mol. The largest absolute Gasteiger partial charge is 0.335 e. The van der Waals surface area contributed by atoms with Crippen molar-refractivity contribution in [1.82, 2.24) is 9.80 Å². The predicted molar refractivity (Wildman–Crippen MR) is 91.3 cm³/mol. The highest BCUT2D eigenvalue weighted by Crippen LogP contribution is 2.16. The van der Waals surface area contributed by atoms with Gasteiger partial charge in [0.25, 0.3) is 17.5 Å². The van der Waals surface area contributed by atoms with E-state index < -0.39 is 16.6 Å². The summed E-state index contributed by atoms with van der Waals surface area (Å²) in [6, 6.07) is 11.2. The summed E-state index contributed by atoms with van der Waals surface area (Å²) in [6.45, 7) is 1.23. The number of hydrogen-bond acceptors (Lipinski definition) is 4. The number of halogens is 1. The first-order valence-electron chi connectivity index (χ1n) is 8.05. The lowest BCUT2D eigenvalue weighted by molar-refractivity contribution is -0.384. The van der Waals surface area contributed by atoms with Gasteiger partial charge in [0.2, 0.25) is 0 Å². The molecule has 1 saturated heterocycles. The second-order valence-electron chi connectivity index (χ2n) is 5.87. The Labute approximate surface area is 148 Å². The van der Waals surface area contributed by atoms with Crippen LogP contribution in [0.1, 0.15) is 20.7 Å². The Balaban J connectivity index is 1.63. The second kappa shape index (κ2) is 7.30. The van der Waals surface area contributed by atoms with Crippen molar-refractivity contribution in [3.05, 3.63) is 75.6 Å². The lowest BCUT2D eigenvalue weighted by Crippen LogP contribution is -2.50. The van der Waals surface area contributed by atoms with Crippen LogP contribution in [0.25, 0.3) is 0 Å². The maximum absolute atomic E-state index is 13.8. The van der Waals surface area contributed by atoms with Gasteiger partial charge in [0.05, 0.1) is 10.5 Å². The van der Waals surface area contributed by atoms with Crippen molar-refractivity contribution in [1.29, 1.82) is 0 Å². The van der Waals surface area contributed by atoms with Gasteiger partial charge in [-0.15, -0.1) is 0 Å². The van der Waals surface area contributed by atoms with Crippen molar-refractivity contribution in [2.45, 2.75) is 0 Å². The Morgan fingerprint density at radius 1 is 0.885 bits per heavy atom. The Hall–Kier alpha value is -3.29. The summed E-state index contributed by atoms with van der Waals surface area (Å²) in [7, 11) is 0. The SMILES string of the molecule is O=C(c1ccc([N+](=O)[O-])cc1)N1CCN(C(=O)c2ccccc2F)CC1. The highest BCUT2D eigenvalue weighted by atomic mass is 19.1. The molecule has 7 nitrogen and oxygen atoms in total. The van der Waals surface area contributed by atoms with Gasteiger partial charge < -0.3 is 9.80 Å². The molecule has 0 aromatic heterocycles. The van der Waals surface area contributed by atoms with Crippen LogP contribution in [0.15, 0.2) is 48.5 Å². The van der Waals surface area contributed by atoms with Crippen LogP contribution < -0.4 is 0 Å². The molecule has 0 spiro atoms. The number of carbonyl (C=O) groups excluding carboxylic acids is 2. The van der Waals surface area contributed by atoms with Crippen LogP contribution in [0.5, 0.6) is 0 Å². The van der Waals surface area contributed by atoms with Crippen LogP contribution in [0, 0.1) is 15.9 Å². The lowest BCUT2D eigenvalue weighted by Gasteiger charge is -2.34. The first-order valence-corrected chi connectivity index (χ1v) is 8.05. The molecular weight excluding hydrogens is 341 g/mol. The number of nitro benzene ring substituents is 1. The fraction of sp³-hybridized carbons (Fsp3) is 0.222. The predicted octanol–water partition coefficient (Wildman–Crippen LogP) is 2.33. The molecule has 0 N–H and O–H groups in total. The van der Waals surface area contributed by atoms with Crippen LogP contribution in [-0.2, 0) is 0 Å². The van der Waals surface area contributed by atoms with E-state index in [1.807, 2.05) is 0 Å². The molecule has 1 fully saturated rings. The molecule has 0 bridgehead atoms. The third-order valence-electron chi connectivity index (χ3n) is 4.28. The minimum atomic E-state index is -0.568. The maximum atomic E-state index is 13.8. The topological polar surface area (TPSA) is 83.8 Å². The molecule has 3 rings (SSSR count). The van der Waals surface area contributed by atoms with E-state index in [0.29, 0.717) is 31.7 Å². The highest BCUT2D eigenvalue weighted by Gasteiger charge is 2.26. The number of piperazine rings is 1. The zero-order chi connectivity index (χ0) is 18.7. The number of benzene rings is 2. The Kier molecular flexibility index (Phi) is 4.92. The Bertz CT molecular complexity index is 846. The molecule has 8 heteroatoms. The van der Waals surface area contributed by atoms with Gasteiger partial charge in [-0.05, 0) is 24.3 Å². The molecule has 0 unspecified atom stereocenters. The van der Waals surface area contributed by atoms with Crippen molar-refractivity contribution in [3.8, 4) is 0 Å². The minimum absolute atomic E-state index is 0.0163. The van der Waals surface area contributed by atoms with Crippen LogP contribution in [0.4, 0.5) is 10.1 Å². The summed E-state index contributed by atoms with van der Waals surface area (Å²) >= 11 is 0. The zero-order valence-corrected chi connectivity index (χ0v) is 13.8. The van der Waals surface area contributed by atoms with E-state index in [0.717, 1.165) is 0 Å². The molecule has 134 valence electrons. The number of non-ortho nitro benzene ring substituents is 1. The van der Waals surface area contributed by atoms with Gasteiger partial charge in [-0.3, -0.25) is 19.7 Å². The van der Waals surface area contributed by atoms with E-state index >= 15 is 0 Å². The summed E-state index contributed by atoms with van der Waals surface area (Å²) in [5.74, 6) is -1.22. The van der Waals surface area contributed by atoms with Crippen LogP contribution in [0.3, 0.4) is 0 Å². The van der Waals surface area contributed by atoms with Crippen molar-refractivity contribution in [2.75, 3.05) is 26.2 Å². The van der Waals surface area contributed by atoms with Gasteiger partial charge in [0.1, 0.15) is 5.82 Å². The van der Waals surface area contributed by atoms with E-state index in [1.165, 1.54) is 47.4 Å². The summed E-state index contributed by atoms with van der Waals surface area (Å²) in [4.78, 5) is 38.1. The zero-order valence-electron chi connectivity index (χ0n) is 13.8. The first-order chi connectivity index (χ1) is 12.5. The summed E-state index contributed by atoms with van der Waals surface area (Å²) < 4.78 is 13.8. The van der Waals surface area contributed by atoms with E-state index in [9.17, 15) is 24.1 Å². The number of hydrogen-bond donors (Lipinski definition) is 0. The standard InChI is InChI=1S/C18H16FN3O4/c19-16-4-2-1-3-15(16)18(24)21-11-9-20(10-12-21)17(23)13-5-7-14(8-6-13)22(25)26/h1-8H,9-12H2.